The van der Waals surface area contributed by atoms with Crippen LogP contribution in [-0.4, -0.2) is 5.11 Å². The Morgan fingerprint density at radius 2 is 1.28 bits per heavy atom. The summed E-state index contributed by atoms with van der Waals surface area (Å²) in [6, 6.07) is 35.1. The normalized spacial score (nSPS) is 10.5. The topological polar surface area (TPSA) is 23.5 Å². The van der Waals surface area contributed by atoms with Gasteiger partial charge in [0.2, 0.25) is 0 Å². The maximum absolute atomic E-state index is 10.3. The van der Waals surface area contributed by atoms with Crippen molar-refractivity contribution in [1.29, 1.82) is 0 Å². The Morgan fingerprint density at radius 1 is 0.750 bits per heavy atom. The first kappa shape index (κ1) is 24.8. The van der Waals surface area contributed by atoms with E-state index in [0.717, 1.165) is 23.2 Å². The van der Waals surface area contributed by atoms with E-state index in [0.29, 0.717) is 14.3 Å². The van der Waals surface area contributed by atoms with Crippen molar-refractivity contribution in [1.82, 2.24) is 0 Å². The third-order valence-corrected chi connectivity index (χ3v) is 6.64. The number of halogens is 2. The van der Waals surface area contributed by atoms with Crippen molar-refractivity contribution in [3.63, 3.8) is 0 Å². The summed E-state index contributed by atoms with van der Waals surface area (Å²) < 4.78 is 0. The van der Waals surface area contributed by atoms with E-state index >= 15 is 0 Å². The molecule has 1 atom stereocenters. The summed E-state index contributed by atoms with van der Waals surface area (Å²) in [6.07, 6.45) is 0. The summed E-state index contributed by atoms with van der Waals surface area (Å²) in [6.45, 7) is 2.92. The van der Waals surface area contributed by atoms with Crippen LogP contribution >= 0.6 is 27.2 Å². The van der Waals surface area contributed by atoms with Gasteiger partial charge in [0, 0.05) is 23.2 Å². The van der Waals surface area contributed by atoms with Crippen molar-refractivity contribution in [2.75, 3.05) is 4.90 Å². The number of nitrogens with zero attached hydrogens (tertiary/aromatic N) is 1. The van der Waals surface area contributed by atoms with Crippen LogP contribution in [0.5, 0.6) is 5.75 Å². The molecule has 4 aromatic rings. The Bertz CT molecular complexity index is 1070. The van der Waals surface area contributed by atoms with E-state index in [2.05, 4.69) is 78.6 Å². The molecule has 32 heavy (non-hydrogen) atoms. The molecule has 0 spiro atoms. The van der Waals surface area contributed by atoms with Crippen LogP contribution in [0.15, 0.2) is 103 Å². The van der Waals surface area contributed by atoms with E-state index in [9.17, 15) is 5.11 Å². The van der Waals surface area contributed by atoms with Crippen molar-refractivity contribution < 1.29 is 22.1 Å². The van der Waals surface area contributed by atoms with Gasteiger partial charge in [-0.25, -0.2) is 0 Å². The van der Waals surface area contributed by atoms with Crippen molar-refractivity contribution in [3.05, 3.63) is 114 Å². The summed E-state index contributed by atoms with van der Waals surface area (Å²) in [4.78, 5) is 2.34. The molecule has 0 fully saturated rings. The van der Waals surface area contributed by atoms with Crippen LogP contribution in [0, 0.1) is 6.92 Å². The first-order chi connectivity index (χ1) is 15.6. The Labute approximate surface area is 208 Å². The number of benzene rings is 4. The van der Waals surface area contributed by atoms with E-state index in [1.807, 2.05) is 30.3 Å². The van der Waals surface area contributed by atoms with Crippen LogP contribution in [0.1, 0.15) is 11.1 Å². The average Bonchev–Trinajstić information content (AvgIpc) is 2.82. The number of aryl methyl sites for hydroxylation is 1. The zero-order valence-corrected chi connectivity index (χ0v) is 21.7. The zero-order chi connectivity index (χ0) is 22.8. The molecule has 0 saturated heterocycles. The monoisotopic (exact) mass is 515 g/mol. The summed E-state index contributed by atoms with van der Waals surface area (Å²) >= 11 is -0.556. The van der Waals surface area contributed by atoms with Gasteiger partial charge in [0.1, 0.15) is 5.75 Å². The van der Waals surface area contributed by atoms with Gasteiger partial charge in [-0.05, 0) is 53.7 Å². The summed E-state index contributed by atoms with van der Waals surface area (Å²) in [5.41, 5.74) is 4.86. The third-order valence-electron chi connectivity index (χ3n) is 4.99. The number of hydrogen-bond donors (Lipinski definition) is 1. The van der Waals surface area contributed by atoms with Crippen molar-refractivity contribution in [2.24, 2.45) is 0 Å². The van der Waals surface area contributed by atoms with Crippen molar-refractivity contribution >= 4 is 49.2 Å². The van der Waals surface area contributed by atoms with Gasteiger partial charge in [0.25, 0.3) is 0 Å². The average molecular weight is 516 g/mol. The third kappa shape index (κ3) is 6.85. The molecule has 4 rings (SSSR count). The molecule has 0 heterocycles. The summed E-state index contributed by atoms with van der Waals surface area (Å²) in [5, 5.41) is 12.6. The number of phenols is 1. The Kier molecular flexibility index (Phi) is 10.1. The van der Waals surface area contributed by atoms with Gasteiger partial charge in [0.15, 0.2) is 0 Å². The predicted octanol–water partition coefficient (Wildman–Crippen LogP) is 7.04. The van der Waals surface area contributed by atoms with Gasteiger partial charge in [-0.2, -0.15) is 0 Å². The first-order valence-corrected chi connectivity index (χ1v) is 15.4. The number of hydrogen-bond acceptors (Lipinski definition) is 2. The molecule has 0 aliphatic heterocycles. The Balaban J connectivity index is 0.000000913. The standard InChI is InChI=1S/C26H24NOP.2ClH.Ti/c1-20-11-10-12-21(26(20)29-25-18-9-8-17-24(25)28)19-27(22-13-4-2-5-14-22)23-15-6-3-7-16-23;;;/h2-18,28-29H,19H2,1H3;2*1H;/q;;;+2/p-2. The molecule has 0 bridgehead atoms. The molecule has 0 amide bonds. The molecule has 162 valence electrons. The second kappa shape index (κ2) is 13.0. The molecule has 0 aliphatic carbocycles. The number of aromatic hydroxyl groups is 1. The van der Waals surface area contributed by atoms with E-state index in [-0.39, 0.29) is 0 Å². The fourth-order valence-electron chi connectivity index (χ4n) is 3.47. The molecule has 2 nitrogen and oxygen atoms in total. The predicted molar refractivity (Wildman–Crippen MR) is 137 cm³/mol. The van der Waals surface area contributed by atoms with E-state index in [4.69, 9.17) is 18.6 Å². The molecule has 0 aromatic heterocycles. The van der Waals surface area contributed by atoms with Gasteiger partial charge >= 0.3 is 35.6 Å². The fourth-order valence-corrected chi connectivity index (χ4v) is 4.73. The van der Waals surface area contributed by atoms with E-state index in [1.54, 1.807) is 6.07 Å². The molecular formula is C26H24Cl2NOPTi. The number of phenolic OH excluding ortho intramolecular Hbond substituents is 1. The number of anilines is 2. The molecule has 6 heteroatoms. The van der Waals surface area contributed by atoms with Gasteiger partial charge in [-0.1, -0.05) is 81.4 Å². The quantitative estimate of drug-likeness (QED) is 0.220. The van der Waals surface area contributed by atoms with Gasteiger partial charge in [0.05, 0.1) is 0 Å². The summed E-state index contributed by atoms with van der Waals surface area (Å²) in [7, 11) is 10.2. The van der Waals surface area contributed by atoms with Crippen molar-refractivity contribution in [3.8, 4) is 5.75 Å². The molecule has 1 unspecified atom stereocenters. The van der Waals surface area contributed by atoms with Crippen LogP contribution in [0.25, 0.3) is 0 Å². The minimum atomic E-state index is -0.556. The Morgan fingerprint density at radius 3 is 1.84 bits per heavy atom. The fraction of sp³-hybridized carbons (Fsp3) is 0.0769. The van der Waals surface area contributed by atoms with E-state index in [1.165, 1.54) is 16.4 Å². The SMILES string of the molecule is Cc1cccc(CN(c2ccccc2)c2ccccc2)c1Pc1ccccc1O.[Cl][Ti][Cl]. The zero-order valence-electron chi connectivity index (χ0n) is 17.7. The van der Waals surface area contributed by atoms with Gasteiger partial charge in [-0.15, -0.1) is 0 Å². The molecular weight excluding hydrogens is 492 g/mol. The van der Waals surface area contributed by atoms with Gasteiger partial charge < -0.3 is 10.0 Å². The molecule has 0 aliphatic rings. The summed E-state index contributed by atoms with van der Waals surface area (Å²) in [5.74, 6) is 0.364. The minimum absolute atomic E-state index is 0.364. The molecule has 1 N–H and O–H groups in total. The second-order valence-electron chi connectivity index (χ2n) is 7.08. The van der Waals surface area contributed by atoms with Crippen LogP contribution in [0.4, 0.5) is 11.4 Å². The number of para-hydroxylation sites is 3. The van der Waals surface area contributed by atoms with Crippen LogP contribution in [-0.2, 0) is 23.6 Å². The van der Waals surface area contributed by atoms with Crippen LogP contribution < -0.4 is 15.5 Å². The molecule has 0 saturated carbocycles. The number of rotatable bonds is 6. The molecule has 0 radical (unpaired) electrons. The molecule has 4 aromatic carbocycles. The van der Waals surface area contributed by atoms with Crippen LogP contribution in [0.2, 0.25) is 0 Å². The van der Waals surface area contributed by atoms with Crippen LogP contribution in [0.3, 0.4) is 0 Å². The van der Waals surface area contributed by atoms with Gasteiger partial charge in [-0.3, -0.25) is 0 Å². The Hall–Kier alpha value is -1.80. The first-order valence-electron chi connectivity index (χ1n) is 10.1. The van der Waals surface area contributed by atoms with E-state index < -0.39 is 17.0 Å². The van der Waals surface area contributed by atoms with Crippen molar-refractivity contribution in [2.45, 2.75) is 13.5 Å². The maximum atomic E-state index is 10.3. The second-order valence-corrected chi connectivity index (χ2v) is 10.9.